The van der Waals surface area contributed by atoms with Crippen molar-refractivity contribution < 1.29 is 19.7 Å². The molecule has 23 heavy (non-hydrogen) atoms. The summed E-state index contributed by atoms with van der Waals surface area (Å²) in [5.41, 5.74) is -0.0402. The van der Waals surface area contributed by atoms with Gasteiger partial charge in [-0.05, 0) is 23.8 Å². The van der Waals surface area contributed by atoms with Crippen LogP contribution in [0.25, 0.3) is 6.08 Å². The Kier molecular flexibility index (Phi) is 5.00. The number of nitro benzene ring substituents is 2. The van der Waals surface area contributed by atoms with E-state index in [1.807, 2.05) is 0 Å². The van der Waals surface area contributed by atoms with Crippen molar-refractivity contribution >= 4 is 17.5 Å². The molecule has 0 heterocycles. The van der Waals surface area contributed by atoms with E-state index in [4.69, 9.17) is 9.84 Å². The summed E-state index contributed by atoms with van der Waals surface area (Å²) in [5.74, 6) is 0.266. The molecule has 0 saturated heterocycles. The summed E-state index contributed by atoms with van der Waals surface area (Å²) in [4.78, 5) is 20.3. The van der Waals surface area contributed by atoms with Gasteiger partial charge in [0.15, 0.2) is 0 Å². The van der Waals surface area contributed by atoms with Crippen LogP contribution >= 0.6 is 0 Å². The Morgan fingerprint density at radius 1 is 1.04 bits per heavy atom. The zero-order valence-electron chi connectivity index (χ0n) is 11.8. The van der Waals surface area contributed by atoms with Gasteiger partial charge < -0.3 is 9.84 Å². The van der Waals surface area contributed by atoms with E-state index in [1.54, 1.807) is 36.4 Å². The maximum atomic E-state index is 11.0. The standard InChI is InChI=1S/C15H12N2O6/c18-9-1-2-11-3-6-13(7-4-11)23-15-8-5-12(16(19)20)10-14(15)17(21)22/h1-8,10,18H,9H2/b2-1+. The Morgan fingerprint density at radius 3 is 2.30 bits per heavy atom. The van der Waals surface area contributed by atoms with E-state index in [0.717, 1.165) is 17.7 Å². The van der Waals surface area contributed by atoms with Crippen molar-refractivity contribution in [1.29, 1.82) is 0 Å². The van der Waals surface area contributed by atoms with Crippen molar-refractivity contribution in [3.05, 3.63) is 74.3 Å². The fourth-order valence-electron chi connectivity index (χ4n) is 1.81. The van der Waals surface area contributed by atoms with E-state index in [9.17, 15) is 20.2 Å². The number of non-ortho nitro benzene ring substituents is 1. The highest BCUT2D eigenvalue weighted by atomic mass is 16.6. The Labute approximate surface area is 130 Å². The SMILES string of the molecule is O=[N+]([O-])c1ccc(Oc2ccc(/C=C/CO)cc2)c([N+](=O)[O-])c1. The molecule has 0 aromatic heterocycles. The molecule has 8 heteroatoms. The molecular formula is C15H12N2O6. The number of rotatable bonds is 6. The van der Waals surface area contributed by atoms with Gasteiger partial charge in [-0.1, -0.05) is 24.3 Å². The lowest BCUT2D eigenvalue weighted by Gasteiger charge is -2.06. The topological polar surface area (TPSA) is 116 Å². The van der Waals surface area contributed by atoms with Crippen LogP contribution in [-0.4, -0.2) is 21.6 Å². The van der Waals surface area contributed by atoms with Gasteiger partial charge in [0.05, 0.1) is 22.5 Å². The van der Waals surface area contributed by atoms with Crippen LogP contribution in [0.15, 0.2) is 48.5 Å². The summed E-state index contributed by atoms with van der Waals surface area (Å²) in [6.45, 7) is -0.0761. The first-order valence-electron chi connectivity index (χ1n) is 6.49. The second-order valence-electron chi connectivity index (χ2n) is 4.42. The minimum atomic E-state index is -0.735. The Morgan fingerprint density at radius 2 is 1.74 bits per heavy atom. The fraction of sp³-hybridized carbons (Fsp3) is 0.0667. The third-order valence-electron chi connectivity index (χ3n) is 2.87. The average Bonchev–Trinajstić information content (AvgIpc) is 2.54. The summed E-state index contributed by atoms with van der Waals surface area (Å²) >= 11 is 0. The third-order valence-corrected chi connectivity index (χ3v) is 2.87. The highest BCUT2D eigenvalue weighted by Gasteiger charge is 2.21. The lowest BCUT2D eigenvalue weighted by molar-refractivity contribution is -0.394. The van der Waals surface area contributed by atoms with E-state index >= 15 is 0 Å². The average molecular weight is 316 g/mol. The van der Waals surface area contributed by atoms with Crippen LogP contribution in [0.3, 0.4) is 0 Å². The lowest BCUT2D eigenvalue weighted by Crippen LogP contribution is -1.96. The molecule has 0 spiro atoms. The van der Waals surface area contributed by atoms with E-state index in [-0.39, 0.29) is 18.0 Å². The maximum absolute atomic E-state index is 11.0. The molecule has 0 bridgehead atoms. The molecule has 0 aliphatic carbocycles. The van der Waals surface area contributed by atoms with Gasteiger partial charge in [0.2, 0.25) is 5.75 Å². The van der Waals surface area contributed by atoms with Crippen LogP contribution in [-0.2, 0) is 0 Å². The highest BCUT2D eigenvalue weighted by Crippen LogP contribution is 2.34. The van der Waals surface area contributed by atoms with Crippen molar-refractivity contribution in [1.82, 2.24) is 0 Å². The zero-order chi connectivity index (χ0) is 16.8. The Hall–Kier alpha value is -3.26. The van der Waals surface area contributed by atoms with Crippen LogP contribution in [0, 0.1) is 20.2 Å². The monoisotopic (exact) mass is 316 g/mol. The number of ether oxygens (including phenoxy) is 1. The van der Waals surface area contributed by atoms with Crippen molar-refractivity contribution in [3.63, 3.8) is 0 Å². The first-order valence-corrected chi connectivity index (χ1v) is 6.49. The summed E-state index contributed by atoms with van der Waals surface area (Å²) in [6.07, 6.45) is 3.27. The predicted molar refractivity (Wildman–Crippen MR) is 82.4 cm³/mol. The Bertz CT molecular complexity index is 755. The van der Waals surface area contributed by atoms with E-state index in [1.165, 1.54) is 6.07 Å². The van der Waals surface area contributed by atoms with E-state index < -0.39 is 15.5 Å². The molecule has 2 aromatic rings. The largest absolute Gasteiger partial charge is 0.450 e. The van der Waals surface area contributed by atoms with Crippen LogP contribution in [0.2, 0.25) is 0 Å². The van der Waals surface area contributed by atoms with E-state index in [2.05, 4.69) is 0 Å². The fourth-order valence-corrected chi connectivity index (χ4v) is 1.81. The number of hydrogen-bond donors (Lipinski definition) is 1. The molecule has 0 amide bonds. The van der Waals surface area contributed by atoms with Gasteiger partial charge in [0.25, 0.3) is 5.69 Å². The van der Waals surface area contributed by atoms with Crippen LogP contribution in [0.5, 0.6) is 11.5 Å². The molecule has 118 valence electrons. The van der Waals surface area contributed by atoms with Gasteiger partial charge >= 0.3 is 5.69 Å². The molecule has 0 aliphatic heterocycles. The van der Waals surface area contributed by atoms with Crippen LogP contribution in [0.1, 0.15) is 5.56 Å². The number of nitro groups is 2. The molecule has 0 saturated carbocycles. The second-order valence-corrected chi connectivity index (χ2v) is 4.42. The minimum Gasteiger partial charge on any atom is -0.450 e. The third kappa shape index (κ3) is 4.11. The van der Waals surface area contributed by atoms with Crippen molar-refractivity contribution in [2.75, 3.05) is 6.61 Å². The molecular weight excluding hydrogens is 304 g/mol. The molecule has 1 N–H and O–H groups in total. The van der Waals surface area contributed by atoms with Crippen LogP contribution in [0.4, 0.5) is 11.4 Å². The normalized spacial score (nSPS) is 10.7. The predicted octanol–water partition coefficient (Wildman–Crippen LogP) is 3.30. The molecule has 2 rings (SSSR count). The minimum absolute atomic E-state index is 0.0761. The summed E-state index contributed by atoms with van der Waals surface area (Å²) in [6, 6.07) is 9.80. The van der Waals surface area contributed by atoms with Gasteiger partial charge in [-0.3, -0.25) is 20.2 Å². The van der Waals surface area contributed by atoms with E-state index in [0.29, 0.717) is 5.75 Å². The second kappa shape index (κ2) is 7.14. The number of aliphatic hydroxyl groups is 1. The zero-order valence-corrected chi connectivity index (χ0v) is 11.8. The molecule has 0 aliphatic rings. The molecule has 0 atom stereocenters. The molecule has 0 radical (unpaired) electrons. The van der Waals surface area contributed by atoms with Crippen molar-refractivity contribution in [2.24, 2.45) is 0 Å². The van der Waals surface area contributed by atoms with Gasteiger partial charge in [0, 0.05) is 6.07 Å². The highest BCUT2D eigenvalue weighted by molar-refractivity contribution is 5.55. The first-order chi connectivity index (χ1) is 11.0. The smallest absolute Gasteiger partial charge is 0.318 e. The molecule has 0 unspecified atom stereocenters. The van der Waals surface area contributed by atoms with Gasteiger partial charge in [-0.25, -0.2) is 0 Å². The van der Waals surface area contributed by atoms with Crippen molar-refractivity contribution in [2.45, 2.75) is 0 Å². The molecule has 2 aromatic carbocycles. The molecule has 8 nitrogen and oxygen atoms in total. The first kappa shape index (κ1) is 16.1. The maximum Gasteiger partial charge on any atom is 0.318 e. The summed E-state index contributed by atoms with van der Waals surface area (Å²) in [5, 5.41) is 30.4. The number of hydrogen-bond acceptors (Lipinski definition) is 6. The van der Waals surface area contributed by atoms with Gasteiger partial charge in [0.1, 0.15) is 5.75 Å². The van der Waals surface area contributed by atoms with Gasteiger partial charge in [-0.2, -0.15) is 0 Å². The van der Waals surface area contributed by atoms with Crippen LogP contribution < -0.4 is 4.74 Å². The summed E-state index contributed by atoms with van der Waals surface area (Å²) in [7, 11) is 0. The molecule has 0 fully saturated rings. The van der Waals surface area contributed by atoms with Crippen molar-refractivity contribution in [3.8, 4) is 11.5 Å². The van der Waals surface area contributed by atoms with Gasteiger partial charge in [-0.15, -0.1) is 0 Å². The number of benzene rings is 2. The summed E-state index contributed by atoms with van der Waals surface area (Å²) < 4.78 is 5.43. The lowest BCUT2D eigenvalue weighted by atomic mass is 10.2. The Balaban J connectivity index is 2.27. The number of aliphatic hydroxyl groups excluding tert-OH is 1. The quantitative estimate of drug-likeness (QED) is 0.645. The number of nitrogens with zero attached hydrogens (tertiary/aromatic N) is 2.